The number of hydrogen-bond acceptors (Lipinski definition) is 3. The van der Waals surface area contributed by atoms with Crippen molar-refractivity contribution in [1.82, 2.24) is 4.72 Å². The maximum absolute atomic E-state index is 11.9. The van der Waals surface area contributed by atoms with Crippen molar-refractivity contribution >= 4 is 10.0 Å². The van der Waals surface area contributed by atoms with E-state index in [1.165, 1.54) is 0 Å². The molecule has 0 aromatic heterocycles. The number of rotatable bonds is 6. The van der Waals surface area contributed by atoms with Crippen LogP contribution in [-0.4, -0.2) is 31.9 Å². The lowest BCUT2D eigenvalue weighted by Gasteiger charge is -2.38. The second-order valence-corrected chi connectivity index (χ2v) is 7.88. The van der Waals surface area contributed by atoms with Gasteiger partial charge in [-0.25, -0.2) is 13.1 Å². The minimum atomic E-state index is -3.21. The molecule has 0 saturated heterocycles. The number of aliphatic hydroxyl groups is 1. The van der Waals surface area contributed by atoms with Gasteiger partial charge in [-0.3, -0.25) is 0 Å². The molecule has 1 rings (SSSR count). The molecule has 0 spiro atoms. The van der Waals surface area contributed by atoms with Gasteiger partial charge in [0.1, 0.15) is 0 Å². The Morgan fingerprint density at radius 3 is 2.67 bits per heavy atom. The van der Waals surface area contributed by atoms with Crippen molar-refractivity contribution < 1.29 is 13.5 Å². The van der Waals surface area contributed by atoms with Crippen molar-refractivity contribution in [1.29, 1.82) is 0 Å². The molecule has 0 heterocycles. The predicted molar refractivity (Wildman–Crippen MR) is 73.8 cm³/mol. The van der Waals surface area contributed by atoms with E-state index >= 15 is 0 Å². The fraction of sp³-hybridized carbons (Fsp3) is 1.00. The van der Waals surface area contributed by atoms with Gasteiger partial charge in [-0.1, -0.05) is 40.0 Å². The molecule has 108 valence electrons. The van der Waals surface area contributed by atoms with Crippen molar-refractivity contribution in [3.05, 3.63) is 0 Å². The summed E-state index contributed by atoms with van der Waals surface area (Å²) < 4.78 is 26.5. The molecule has 18 heavy (non-hydrogen) atoms. The highest BCUT2D eigenvalue weighted by Gasteiger charge is 2.36. The maximum atomic E-state index is 11.9. The van der Waals surface area contributed by atoms with Crippen molar-refractivity contribution in [3.8, 4) is 0 Å². The lowest BCUT2D eigenvalue weighted by Crippen LogP contribution is -2.45. The third kappa shape index (κ3) is 4.52. The van der Waals surface area contributed by atoms with E-state index in [0.717, 1.165) is 32.1 Å². The van der Waals surface area contributed by atoms with E-state index in [1.807, 2.05) is 20.8 Å². The molecule has 2 N–H and O–H groups in total. The Hall–Kier alpha value is -0.130. The predicted octanol–water partition coefficient (Wildman–Crippen LogP) is 1.89. The Labute approximate surface area is 111 Å². The summed E-state index contributed by atoms with van der Waals surface area (Å²) in [6, 6.07) is 0. The molecular weight excluding hydrogens is 250 g/mol. The van der Waals surface area contributed by atoms with Crippen LogP contribution in [0.1, 0.15) is 52.9 Å². The minimum absolute atomic E-state index is 0.173. The lowest BCUT2D eigenvalue weighted by molar-refractivity contribution is 0.00462. The molecule has 3 unspecified atom stereocenters. The van der Waals surface area contributed by atoms with Crippen molar-refractivity contribution in [2.24, 2.45) is 11.3 Å². The quantitative estimate of drug-likeness (QED) is 0.779. The molecule has 1 saturated carbocycles. The molecule has 0 aromatic carbocycles. The Bertz CT molecular complexity index is 355. The zero-order valence-electron chi connectivity index (χ0n) is 11.8. The highest BCUT2D eigenvalue weighted by Crippen LogP contribution is 2.35. The highest BCUT2D eigenvalue weighted by molar-refractivity contribution is 7.89. The average Bonchev–Trinajstić information content (AvgIpc) is 2.30. The summed E-state index contributed by atoms with van der Waals surface area (Å²) in [7, 11) is -3.21. The monoisotopic (exact) mass is 277 g/mol. The van der Waals surface area contributed by atoms with E-state index in [9.17, 15) is 13.5 Å². The summed E-state index contributed by atoms with van der Waals surface area (Å²) >= 11 is 0. The van der Waals surface area contributed by atoms with Gasteiger partial charge in [0, 0.05) is 12.0 Å². The fourth-order valence-corrected chi connectivity index (χ4v) is 4.07. The van der Waals surface area contributed by atoms with E-state index < -0.39 is 16.1 Å². The first-order valence-electron chi connectivity index (χ1n) is 6.94. The van der Waals surface area contributed by atoms with Crippen LogP contribution in [0, 0.1) is 11.3 Å². The topological polar surface area (TPSA) is 66.4 Å². The molecule has 3 atom stereocenters. The van der Waals surface area contributed by atoms with Crippen LogP contribution < -0.4 is 4.72 Å². The van der Waals surface area contributed by atoms with Gasteiger partial charge < -0.3 is 5.11 Å². The number of hydrogen-bond donors (Lipinski definition) is 2. The van der Waals surface area contributed by atoms with Crippen molar-refractivity contribution in [2.75, 3.05) is 12.3 Å². The van der Waals surface area contributed by atoms with Gasteiger partial charge in [0.2, 0.25) is 10.0 Å². The van der Waals surface area contributed by atoms with Gasteiger partial charge >= 0.3 is 0 Å². The highest BCUT2D eigenvalue weighted by atomic mass is 32.2. The Balaban J connectivity index is 2.53. The van der Waals surface area contributed by atoms with Crippen LogP contribution in [0.4, 0.5) is 0 Å². The van der Waals surface area contributed by atoms with Crippen LogP contribution in [0.2, 0.25) is 0 Å². The van der Waals surface area contributed by atoms with Crippen LogP contribution in [-0.2, 0) is 10.0 Å². The average molecular weight is 277 g/mol. The molecule has 1 aliphatic carbocycles. The lowest BCUT2D eigenvalue weighted by atomic mass is 9.73. The number of nitrogens with one attached hydrogen (secondary N) is 1. The standard InChI is InChI=1S/C13H27NO3S/c1-4-11(2)9-18(16,17)14-10-13(3)8-6-5-7-12(13)15/h11-12,14-15H,4-10H2,1-3H3. The smallest absolute Gasteiger partial charge is 0.211 e. The van der Waals surface area contributed by atoms with Crippen molar-refractivity contribution in [2.45, 2.75) is 59.0 Å². The van der Waals surface area contributed by atoms with E-state index in [2.05, 4.69) is 4.72 Å². The van der Waals surface area contributed by atoms with Crippen LogP contribution in [0.5, 0.6) is 0 Å². The van der Waals surface area contributed by atoms with Crippen LogP contribution in [0.15, 0.2) is 0 Å². The first kappa shape index (κ1) is 15.9. The molecular formula is C13H27NO3S. The zero-order chi connectivity index (χ0) is 13.8. The minimum Gasteiger partial charge on any atom is -0.393 e. The largest absolute Gasteiger partial charge is 0.393 e. The van der Waals surface area contributed by atoms with Crippen LogP contribution >= 0.6 is 0 Å². The Kier molecular flexibility index (Phi) is 5.62. The fourth-order valence-electron chi connectivity index (χ4n) is 2.41. The van der Waals surface area contributed by atoms with Crippen LogP contribution in [0.3, 0.4) is 0 Å². The van der Waals surface area contributed by atoms with Gasteiger partial charge in [-0.15, -0.1) is 0 Å². The van der Waals surface area contributed by atoms with E-state index in [1.54, 1.807) is 0 Å². The van der Waals surface area contributed by atoms with E-state index in [-0.39, 0.29) is 17.1 Å². The summed E-state index contributed by atoms with van der Waals surface area (Å²) in [5.41, 5.74) is -0.305. The molecule has 0 bridgehead atoms. The summed E-state index contributed by atoms with van der Waals surface area (Å²) in [6.45, 7) is 6.26. The van der Waals surface area contributed by atoms with Gasteiger partial charge in [0.05, 0.1) is 11.9 Å². The van der Waals surface area contributed by atoms with Gasteiger partial charge in [-0.05, 0) is 18.8 Å². The number of aliphatic hydroxyl groups excluding tert-OH is 1. The second kappa shape index (κ2) is 6.35. The molecule has 5 heteroatoms. The SMILES string of the molecule is CCC(C)CS(=O)(=O)NCC1(C)CCCCC1O. The van der Waals surface area contributed by atoms with Gasteiger partial charge in [-0.2, -0.15) is 0 Å². The third-order valence-electron chi connectivity index (χ3n) is 4.18. The summed E-state index contributed by atoms with van der Waals surface area (Å²) in [5.74, 6) is 0.349. The van der Waals surface area contributed by atoms with E-state index in [4.69, 9.17) is 0 Å². The van der Waals surface area contributed by atoms with Gasteiger partial charge in [0.25, 0.3) is 0 Å². The first-order chi connectivity index (χ1) is 8.29. The normalized spacial score (nSPS) is 31.2. The molecule has 1 fully saturated rings. The molecule has 0 aliphatic heterocycles. The van der Waals surface area contributed by atoms with Crippen molar-refractivity contribution in [3.63, 3.8) is 0 Å². The second-order valence-electron chi connectivity index (χ2n) is 6.03. The molecule has 0 radical (unpaired) electrons. The number of sulfonamides is 1. The molecule has 0 aromatic rings. The summed E-state index contributed by atoms with van der Waals surface area (Å²) in [5, 5.41) is 10.0. The maximum Gasteiger partial charge on any atom is 0.211 e. The Morgan fingerprint density at radius 2 is 2.11 bits per heavy atom. The first-order valence-corrected chi connectivity index (χ1v) is 8.60. The molecule has 4 nitrogen and oxygen atoms in total. The zero-order valence-corrected chi connectivity index (χ0v) is 12.6. The third-order valence-corrected chi connectivity index (χ3v) is 5.77. The molecule has 1 aliphatic rings. The van der Waals surface area contributed by atoms with Crippen LogP contribution in [0.25, 0.3) is 0 Å². The van der Waals surface area contributed by atoms with Gasteiger partial charge in [0.15, 0.2) is 0 Å². The Morgan fingerprint density at radius 1 is 1.44 bits per heavy atom. The van der Waals surface area contributed by atoms with E-state index in [0.29, 0.717) is 6.54 Å². The summed E-state index contributed by atoms with van der Waals surface area (Å²) in [6.07, 6.45) is 4.25. The summed E-state index contributed by atoms with van der Waals surface area (Å²) in [4.78, 5) is 0. The molecule has 0 amide bonds.